The Balaban J connectivity index is 2.50. The summed E-state index contributed by atoms with van der Waals surface area (Å²) in [4.78, 5) is 13.1. The molecule has 5 nitrogen and oxygen atoms in total. The molecule has 0 amide bonds. The monoisotopic (exact) mass is 338 g/mol. The first-order valence-electron chi connectivity index (χ1n) is 6.60. The van der Waals surface area contributed by atoms with Crippen LogP contribution in [0.25, 0.3) is 0 Å². The fourth-order valence-corrected chi connectivity index (χ4v) is 3.18. The first-order chi connectivity index (χ1) is 10.5. The van der Waals surface area contributed by atoms with E-state index in [9.17, 15) is 4.79 Å². The Hall–Kier alpha value is -1.73. The molecule has 0 fully saturated rings. The van der Waals surface area contributed by atoms with Gasteiger partial charge in [0.15, 0.2) is 5.11 Å². The maximum Gasteiger partial charge on any atom is 0.337 e. The number of hydrogen-bond acceptors (Lipinski definition) is 5. The molecule has 22 heavy (non-hydrogen) atoms. The van der Waals surface area contributed by atoms with Gasteiger partial charge in [-0.1, -0.05) is 6.07 Å². The summed E-state index contributed by atoms with van der Waals surface area (Å²) in [6, 6.07) is 5.46. The lowest BCUT2D eigenvalue weighted by Crippen LogP contribution is -2.45. The van der Waals surface area contributed by atoms with E-state index in [4.69, 9.17) is 21.7 Å². The maximum atomic E-state index is 12.1. The molecule has 0 radical (unpaired) electrons. The van der Waals surface area contributed by atoms with Crippen LogP contribution in [0.3, 0.4) is 0 Å². The Bertz CT molecular complexity index is 644. The van der Waals surface area contributed by atoms with E-state index in [1.54, 1.807) is 25.8 Å². The molecule has 1 atom stereocenters. The molecule has 1 aromatic rings. The van der Waals surface area contributed by atoms with E-state index in [1.165, 1.54) is 7.11 Å². The van der Waals surface area contributed by atoms with E-state index < -0.39 is 5.97 Å². The van der Waals surface area contributed by atoms with E-state index in [2.05, 4.69) is 10.6 Å². The predicted molar refractivity (Wildman–Crippen MR) is 91.1 cm³/mol. The highest BCUT2D eigenvalue weighted by molar-refractivity contribution is 7.98. The summed E-state index contributed by atoms with van der Waals surface area (Å²) in [5, 5.41) is 6.55. The van der Waals surface area contributed by atoms with Crippen molar-refractivity contribution in [3.8, 4) is 5.75 Å². The van der Waals surface area contributed by atoms with Gasteiger partial charge in [0.2, 0.25) is 0 Å². The summed E-state index contributed by atoms with van der Waals surface area (Å²) in [5.74, 6) is 0.371. The minimum atomic E-state index is -0.391. The standard InChI is InChI=1S/C15H18N2O3S2/c1-8-12(14(18)20-3)13(17-15(21)16-8)9-5-6-11(22-4)10(7-9)19-2/h5-7,13H,1-4H3,(H2,16,17,21)/t13-/m0/s1. The summed E-state index contributed by atoms with van der Waals surface area (Å²) in [7, 11) is 2.99. The molecule has 0 unspecified atom stereocenters. The normalized spacial score (nSPS) is 17.6. The highest BCUT2D eigenvalue weighted by Crippen LogP contribution is 2.34. The number of thiocarbonyl (C=S) groups is 1. The molecular weight excluding hydrogens is 320 g/mol. The lowest BCUT2D eigenvalue weighted by molar-refractivity contribution is -0.136. The second-order valence-corrected chi connectivity index (χ2v) is 5.93. The number of methoxy groups -OCH3 is 2. The van der Waals surface area contributed by atoms with Crippen molar-refractivity contribution in [1.29, 1.82) is 0 Å². The van der Waals surface area contributed by atoms with Crippen LogP contribution in [0.4, 0.5) is 0 Å². The highest BCUT2D eigenvalue weighted by Gasteiger charge is 2.30. The van der Waals surface area contributed by atoms with Gasteiger partial charge in [0.25, 0.3) is 0 Å². The van der Waals surface area contributed by atoms with E-state index in [0.29, 0.717) is 16.4 Å². The Morgan fingerprint density at radius 1 is 1.36 bits per heavy atom. The average molecular weight is 338 g/mol. The molecule has 2 N–H and O–H groups in total. The first-order valence-corrected chi connectivity index (χ1v) is 8.23. The number of allylic oxidation sites excluding steroid dienone is 1. The van der Waals surface area contributed by atoms with E-state index in [-0.39, 0.29) is 6.04 Å². The van der Waals surface area contributed by atoms with Gasteiger partial charge in [-0.05, 0) is 43.1 Å². The van der Waals surface area contributed by atoms with Crippen LogP contribution in [-0.4, -0.2) is 31.6 Å². The van der Waals surface area contributed by atoms with Crippen molar-refractivity contribution in [3.05, 3.63) is 35.0 Å². The van der Waals surface area contributed by atoms with Crippen LogP contribution in [0.5, 0.6) is 5.75 Å². The molecule has 0 spiro atoms. The Kier molecular flexibility index (Phi) is 5.31. The Morgan fingerprint density at radius 2 is 2.09 bits per heavy atom. The molecule has 1 aromatic carbocycles. The maximum absolute atomic E-state index is 12.1. The van der Waals surface area contributed by atoms with Gasteiger partial charge in [-0.15, -0.1) is 11.8 Å². The minimum Gasteiger partial charge on any atom is -0.496 e. The largest absolute Gasteiger partial charge is 0.496 e. The van der Waals surface area contributed by atoms with Crippen LogP contribution < -0.4 is 15.4 Å². The molecule has 7 heteroatoms. The minimum absolute atomic E-state index is 0.369. The molecule has 1 heterocycles. The summed E-state index contributed by atoms with van der Waals surface area (Å²) in [6.45, 7) is 1.81. The van der Waals surface area contributed by atoms with Crippen molar-refractivity contribution in [1.82, 2.24) is 10.6 Å². The number of benzene rings is 1. The van der Waals surface area contributed by atoms with Crippen molar-refractivity contribution < 1.29 is 14.3 Å². The smallest absolute Gasteiger partial charge is 0.337 e. The number of nitrogens with one attached hydrogen (secondary N) is 2. The number of thioether (sulfide) groups is 1. The second-order valence-electron chi connectivity index (χ2n) is 4.68. The molecule has 0 saturated heterocycles. The SMILES string of the molecule is COC(=O)C1=C(C)NC(=S)N[C@H]1c1ccc(SC)c(OC)c1. The van der Waals surface area contributed by atoms with E-state index >= 15 is 0 Å². The van der Waals surface area contributed by atoms with Gasteiger partial charge < -0.3 is 20.1 Å². The van der Waals surface area contributed by atoms with Gasteiger partial charge in [-0.2, -0.15) is 0 Å². The number of carbonyl (C=O) groups excluding carboxylic acids is 1. The number of carbonyl (C=O) groups is 1. The molecule has 0 bridgehead atoms. The van der Waals surface area contributed by atoms with Gasteiger partial charge in [-0.25, -0.2) is 4.79 Å². The van der Waals surface area contributed by atoms with E-state index in [0.717, 1.165) is 16.2 Å². The van der Waals surface area contributed by atoms with Crippen LogP contribution in [0.15, 0.2) is 34.4 Å². The lowest BCUT2D eigenvalue weighted by atomic mass is 9.95. The zero-order chi connectivity index (χ0) is 16.3. The number of rotatable bonds is 4. The highest BCUT2D eigenvalue weighted by atomic mass is 32.2. The zero-order valence-corrected chi connectivity index (χ0v) is 14.5. The van der Waals surface area contributed by atoms with Crippen LogP contribution >= 0.6 is 24.0 Å². The summed E-state index contributed by atoms with van der Waals surface area (Å²) >= 11 is 6.80. The van der Waals surface area contributed by atoms with Gasteiger partial charge in [0.05, 0.1) is 25.8 Å². The predicted octanol–water partition coefficient (Wildman–Crippen LogP) is 2.38. The molecule has 0 aromatic heterocycles. The average Bonchev–Trinajstić information content (AvgIpc) is 2.52. The number of ether oxygens (including phenoxy) is 2. The Morgan fingerprint density at radius 3 is 2.68 bits per heavy atom. The van der Waals surface area contributed by atoms with Crippen molar-refractivity contribution in [3.63, 3.8) is 0 Å². The molecule has 0 saturated carbocycles. The summed E-state index contributed by atoms with van der Waals surface area (Å²) in [5.41, 5.74) is 2.09. The molecule has 2 rings (SSSR count). The summed E-state index contributed by atoms with van der Waals surface area (Å²) < 4.78 is 10.3. The third-order valence-corrected chi connectivity index (χ3v) is 4.41. The van der Waals surface area contributed by atoms with E-state index in [1.807, 2.05) is 24.5 Å². The van der Waals surface area contributed by atoms with Crippen LogP contribution in [0.1, 0.15) is 18.5 Å². The number of hydrogen-bond donors (Lipinski definition) is 2. The molecule has 1 aliphatic rings. The molecule has 118 valence electrons. The third-order valence-electron chi connectivity index (χ3n) is 3.42. The third kappa shape index (κ3) is 3.20. The van der Waals surface area contributed by atoms with Crippen LogP contribution in [0, 0.1) is 0 Å². The van der Waals surface area contributed by atoms with Crippen molar-refractivity contribution >= 4 is 35.1 Å². The molecule has 0 aliphatic carbocycles. The summed E-state index contributed by atoms with van der Waals surface area (Å²) in [6.07, 6.45) is 1.99. The zero-order valence-electron chi connectivity index (χ0n) is 12.9. The van der Waals surface area contributed by atoms with Crippen molar-refractivity contribution in [2.75, 3.05) is 20.5 Å². The topological polar surface area (TPSA) is 59.6 Å². The van der Waals surface area contributed by atoms with Crippen LogP contribution in [-0.2, 0) is 9.53 Å². The Labute approximate surface area is 139 Å². The fraction of sp³-hybridized carbons (Fsp3) is 0.333. The second kappa shape index (κ2) is 7.02. The molecule has 1 aliphatic heterocycles. The van der Waals surface area contributed by atoms with Gasteiger partial charge in [0.1, 0.15) is 5.75 Å². The first kappa shape index (κ1) is 16.6. The van der Waals surface area contributed by atoms with Crippen LogP contribution in [0.2, 0.25) is 0 Å². The van der Waals surface area contributed by atoms with Gasteiger partial charge in [0, 0.05) is 10.6 Å². The van der Waals surface area contributed by atoms with Gasteiger partial charge in [-0.3, -0.25) is 0 Å². The van der Waals surface area contributed by atoms with Crippen molar-refractivity contribution in [2.45, 2.75) is 17.9 Å². The van der Waals surface area contributed by atoms with Crippen molar-refractivity contribution in [2.24, 2.45) is 0 Å². The lowest BCUT2D eigenvalue weighted by Gasteiger charge is -2.29. The number of esters is 1. The van der Waals surface area contributed by atoms with Gasteiger partial charge >= 0.3 is 5.97 Å². The fourth-order valence-electron chi connectivity index (χ4n) is 2.36. The quantitative estimate of drug-likeness (QED) is 0.496. The molecular formula is C15H18N2O3S2.